The summed E-state index contributed by atoms with van der Waals surface area (Å²) in [4.78, 5) is 0. The van der Waals surface area contributed by atoms with Gasteiger partial charge in [0.1, 0.15) is 0 Å². The Kier molecular flexibility index (Phi) is 2.59. The van der Waals surface area contributed by atoms with Crippen molar-refractivity contribution in [1.82, 2.24) is 13.7 Å². The van der Waals surface area contributed by atoms with Crippen molar-refractivity contribution in [2.45, 2.75) is 6.92 Å². The van der Waals surface area contributed by atoms with Crippen LogP contribution in [0.1, 0.15) is 46.7 Å². The highest BCUT2D eigenvalue weighted by molar-refractivity contribution is 6.13. The van der Waals surface area contributed by atoms with Crippen LogP contribution in [0.2, 0.25) is 0 Å². The van der Waals surface area contributed by atoms with E-state index < -0.39 is 264 Å². The molecular formula is C49H33N3. The molecule has 11 aromatic rings. The fourth-order valence-corrected chi connectivity index (χ4v) is 6.63. The zero-order valence-electron chi connectivity index (χ0n) is 56.3. The van der Waals surface area contributed by atoms with E-state index in [1.807, 2.05) is 0 Å². The van der Waals surface area contributed by atoms with E-state index in [2.05, 4.69) is 0 Å². The van der Waals surface area contributed by atoms with Gasteiger partial charge in [-0.3, -0.25) is 0 Å². The molecule has 0 aliphatic carbocycles. The second-order valence-electron chi connectivity index (χ2n) is 11.5. The number of aromatic nitrogens is 3. The number of hydrogen-bond donors (Lipinski definition) is 0. The maximum Gasteiger partial charge on any atom is 0.0652 e. The monoisotopic (exact) mass is 693 g/mol. The third kappa shape index (κ3) is 4.08. The third-order valence-corrected chi connectivity index (χ3v) is 8.72. The van der Waals surface area contributed by atoms with Gasteiger partial charge < -0.3 is 13.7 Å². The van der Waals surface area contributed by atoms with E-state index in [0.717, 1.165) is 4.57 Å². The van der Waals surface area contributed by atoms with E-state index >= 15 is 0 Å². The second kappa shape index (κ2) is 11.1. The summed E-state index contributed by atoms with van der Waals surface area (Å²) >= 11 is 0. The maximum absolute atomic E-state index is 10.1. The van der Waals surface area contributed by atoms with Gasteiger partial charge in [-0.1, -0.05) is 120 Å². The molecule has 0 atom stereocenters. The number of rotatable bonds is 4. The lowest BCUT2D eigenvalue weighted by Gasteiger charge is -2.18. The topological polar surface area (TPSA) is 14.8 Å². The molecule has 3 heterocycles. The summed E-state index contributed by atoms with van der Waals surface area (Å²) in [5.41, 5.74) is -8.79. The van der Waals surface area contributed by atoms with Crippen molar-refractivity contribution in [1.29, 1.82) is 0 Å². The molecule has 0 aliphatic heterocycles. The minimum absolute atomic E-state index is 0.0986. The molecule has 11 rings (SSSR count). The number of hydrogen-bond acceptors (Lipinski definition) is 0. The Hall–Kier alpha value is -6.84. The van der Waals surface area contributed by atoms with Gasteiger partial charge in [-0.15, -0.1) is 0 Å². The van der Waals surface area contributed by atoms with Gasteiger partial charge in [-0.05, 0) is 73.4 Å². The summed E-state index contributed by atoms with van der Waals surface area (Å²) in [6, 6.07) is -28.3. The second-order valence-corrected chi connectivity index (χ2v) is 11.5. The van der Waals surface area contributed by atoms with E-state index in [1.54, 1.807) is 0 Å². The quantitative estimate of drug-likeness (QED) is 0.174. The molecule has 0 N–H and O–H groups in total. The molecular weight excluding hydrogens is 631 g/mol. The Bertz CT molecular complexity index is 4780. The molecule has 52 heavy (non-hydrogen) atoms. The molecule has 0 radical (unpaired) electrons. The molecule has 0 amide bonds. The van der Waals surface area contributed by atoms with Gasteiger partial charge in [0.05, 0.1) is 85.6 Å². The van der Waals surface area contributed by atoms with Crippen LogP contribution in [0.25, 0.3) is 93.6 Å². The zero-order chi connectivity index (χ0) is 60.4. The van der Waals surface area contributed by atoms with Gasteiger partial charge in [0.15, 0.2) is 0 Å². The lowest BCUT2D eigenvalue weighted by molar-refractivity contribution is 1.15. The van der Waals surface area contributed by atoms with Gasteiger partial charge in [0.2, 0.25) is 0 Å². The molecule has 0 aliphatic rings. The molecule has 3 aromatic heterocycles. The fourth-order valence-electron chi connectivity index (χ4n) is 6.63. The van der Waals surface area contributed by atoms with Crippen LogP contribution in [0.3, 0.4) is 0 Å². The van der Waals surface area contributed by atoms with Crippen LogP contribution in [-0.4, -0.2) is 13.7 Å². The van der Waals surface area contributed by atoms with Crippen LogP contribution in [0.4, 0.5) is 0 Å². The van der Waals surface area contributed by atoms with Gasteiger partial charge in [-0.25, -0.2) is 0 Å². The molecule has 3 nitrogen and oxygen atoms in total. The first kappa shape index (κ1) is 12.1. The summed E-state index contributed by atoms with van der Waals surface area (Å²) in [5, 5.41) is -3.23. The first-order chi connectivity index (χ1) is 38.2. The van der Waals surface area contributed by atoms with Crippen LogP contribution in [0.15, 0.2) is 181 Å². The third-order valence-electron chi connectivity index (χ3n) is 8.72. The average Bonchev–Trinajstić information content (AvgIpc) is 1.67. The number of nitrogens with zero attached hydrogens (tertiary/aromatic N) is 3. The van der Waals surface area contributed by atoms with Crippen LogP contribution in [-0.2, 0) is 0 Å². The van der Waals surface area contributed by atoms with Gasteiger partial charge >= 0.3 is 0 Å². The highest BCUT2D eigenvalue weighted by Crippen LogP contribution is 2.41. The number of para-hydroxylation sites is 6. The Morgan fingerprint density at radius 3 is 1.23 bits per heavy atom. The maximum atomic E-state index is 10.1. The molecule has 0 bridgehead atoms. The van der Waals surface area contributed by atoms with Crippen molar-refractivity contribution in [3.05, 3.63) is 187 Å². The standard InChI is InChI=1S/C49H33N3/c1-32-26-28-48-40(30-32)38-18-6-8-20-42(38)50(48)33-27-29-49-41(31-33)39-19-7-13-25-47(39)52(49)46-24-12-5-17-37(46)36-16-4-11-23-45(36)51-43-21-9-2-14-34(43)35-15-3-10-22-44(35)51/h2-31H,1H3/i2D,3D,4D,5D,6D,7D,8D,9D,10D,11D,12D,13D,14D,15D,16D,17D,18D,19D,20D,21D,22D,23D,24D,25D,26D,27D,28D,29D,30D,31D. The SMILES string of the molecule is [2H]c1c([2H])c([2H])c(-n2c3c([2H])c([2H])c([2H])c([2H])c3c3c([2H])c([2H])c([2H])c([2H])c32)c(-c2c([2H])c([2H])c([2H])c([2H])c2-n2c3c([2H])c([2H])c([2H])c([2H])c3c3c([2H])c(-n4c5c([2H])c([2H])c([2H])c([2H])c5c5c([2H])c(C)c([2H])c([2H])c54)c([2H])c([2H])c32)c1[2H]. The van der Waals surface area contributed by atoms with Crippen molar-refractivity contribution in [3.63, 3.8) is 0 Å². The fraction of sp³-hybridized carbons (Fsp3) is 0.0204. The largest absolute Gasteiger partial charge is 0.309 e. The summed E-state index contributed by atoms with van der Waals surface area (Å²) in [5.74, 6) is 0. The number of fused-ring (bicyclic) bond motifs is 9. The van der Waals surface area contributed by atoms with Crippen molar-refractivity contribution >= 4 is 65.4 Å². The van der Waals surface area contributed by atoms with Gasteiger partial charge in [-0.2, -0.15) is 0 Å². The minimum atomic E-state index is -1.17. The smallest absolute Gasteiger partial charge is 0.0652 e. The zero-order valence-corrected chi connectivity index (χ0v) is 26.3. The normalized spacial score (nSPS) is 20.0. The van der Waals surface area contributed by atoms with Crippen molar-refractivity contribution in [2.24, 2.45) is 0 Å². The molecule has 8 aromatic carbocycles. The van der Waals surface area contributed by atoms with Crippen LogP contribution >= 0.6 is 0 Å². The molecule has 0 saturated heterocycles. The molecule has 0 fully saturated rings. The first-order valence-electron chi connectivity index (χ1n) is 30.5. The van der Waals surface area contributed by atoms with Crippen molar-refractivity contribution in [3.8, 4) is 28.2 Å². The van der Waals surface area contributed by atoms with E-state index in [4.69, 9.17) is 24.7 Å². The highest BCUT2D eigenvalue weighted by Gasteiger charge is 2.21. The highest BCUT2D eigenvalue weighted by atomic mass is 15.0. The molecule has 0 unspecified atom stereocenters. The van der Waals surface area contributed by atoms with Crippen LogP contribution in [0.5, 0.6) is 0 Å². The Morgan fingerprint density at radius 2 is 0.692 bits per heavy atom. The van der Waals surface area contributed by atoms with Crippen molar-refractivity contribution in [2.75, 3.05) is 0 Å². The average molecular weight is 694 g/mol. The lowest BCUT2D eigenvalue weighted by atomic mass is 10.0. The predicted octanol–water partition coefficient (Wildman–Crippen LogP) is 13.0. The molecule has 0 saturated carbocycles. The summed E-state index contributed by atoms with van der Waals surface area (Å²) in [6.45, 7) is 1.32. The van der Waals surface area contributed by atoms with Crippen LogP contribution < -0.4 is 0 Å². The molecule has 244 valence electrons. The first-order valence-corrected chi connectivity index (χ1v) is 15.5. The van der Waals surface area contributed by atoms with E-state index in [0.29, 0.717) is 9.13 Å². The van der Waals surface area contributed by atoms with Gasteiger partial charge in [0.25, 0.3) is 0 Å². The van der Waals surface area contributed by atoms with E-state index in [-0.39, 0.29) is 16.3 Å². The van der Waals surface area contributed by atoms with Crippen molar-refractivity contribution < 1.29 is 41.1 Å². The summed E-state index contributed by atoms with van der Waals surface area (Å²) < 4.78 is 277. The minimum Gasteiger partial charge on any atom is -0.309 e. The predicted molar refractivity (Wildman–Crippen MR) is 220 cm³/mol. The van der Waals surface area contributed by atoms with Gasteiger partial charge in [0, 0.05) is 49.1 Å². The van der Waals surface area contributed by atoms with Crippen LogP contribution in [0, 0.1) is 6.92 Å². The summed E-state index contributed by atoms with van der Waals surface area (Å²) in [7, 11) is 0. The van der Waals surface area contributed by atoms with E-state index in [9.17, 15) is 16.4 Å². The lowest BCUT2D eigenvalue weighted by Crippen LogP contribution is -2.01. The molecule has 3 heteroatoms. The molecule has 0 spiro atoms. The Balaban J connectivity index is 1.43. The summed E-state index contributed by atoms with van der Waals surface area (Å²) in [6.07, 6.45) is 0. The number of benzene rings is 8. The van der Waals surface area contributed by atoms with E-state index in [1.165, 1.54) is 6.92 Å². The Morgan fingerprint density at radius 1 is 0.327 bits per heavy atom. The Labute approximate surface area is 343 Å².